The molecule has 0 radical (unpaired) electrons. The highest BCUT2D eigenvalue weighted by molar-refractivity contribution is 7.50. The first-order chi connectivity index (χ1) is 7.75. The fraction of sp³-hybridized carbons (Fsp3) is 0. The number of carboxylic acids is 1. The monoisotopic (exact) mass is 272 g/mol. The van der Waals surface area contributed by atoms with Crippen molar-refractivity contribution in [3.63, 3.8) is 0 Å². The maximum Gasteiger partial charge on any atom is 0.414 e. The lowest BCUT2D eigenvalue weighted by molar-refractivity contribution is 0.0697. The highest BCUT2D eigenvalue weighted by atomic mass is 31.2. The van der Waals surface area contributed by atoms with Crippen LogP contribution in [0.5, 0.6) is 5.75 Å². The molecule has 0 saturated heterocycles. The number of carboxylic acid groups (broad SMARTS) is 1. The second-order valence-corrected chi connectivity index (χ2v) is 5.81. The van der Waals surface area contributed by atoms with E-state index in [1.165, 1.54) is 12.1 Å². The van der Waals surface area contributed by atoms with Crippen molar-refractivity contribution in [1.29, 1.82) is 0 Å². The van der Waals surface area contributed by atoms with Crippen LogP contribution in [-0.4, -0.2) is 24.6 Å². The Morgan fingerprint density at radius 2 is 1.88 bits per heavy atom. The van der Waals surface area contributed by atoms with Gasteiger partial charge in [-0.3, -0.25) is 0 Å². The van der Waals surface area contributed by atoms with Gasteiger partial charge in [-0.1, -0.05) is 0 Å². The first-order valence-corrected chi connectivity index (χ1v) is 6.85. The van der Waals surface area contributed by atoms with Gasteiger partial charge < -0.3 is 9.63 Å². The van der Waals surface area contributed by atoms with E-state index >= 15 is 0 Å². The minimum atomic E-state index is -1.19. The lowest BCUT2D eigenvalue weighted by Crippen LogP contribution is -1.94. The van der Waals surface area contributed by atoms with E-state index in [0.29, 0.717) is 22.8 Å². The normalized spacial score (nSPS) is 11.9. The molecule has 0 aliphatic carbocycles. The average molecular weight is 272 g/mol. The van der Waals surface area contributed by atoms with E-state index < -0.39 is 14.0 Å². The van der Waals surface area contributed by atoms with Crippen LogP contribution in [0.1, 0.15) is 10.4 Å². The molecule has 0 spiro atoms. The smallest absolute Gasteiger partial charge is 0.414 e. The first-order valence-electron chi connectivity index (χ1n) is 4.09. The molecule has 0 aliphatic rings. The zero-order valence-electron chi connectivity index (χ0n) is 7.76. The summed E-state index contributed by atoms with van der Waals surface area (Å²) in [5.74, 6) is -0.393. The minimum Gasteiger partial charge on any atom is -0.478 e. The minimum absolute atomic E-state index is 0.226. The van der Waals surface area contributed by atoms with Gasteiger partial charge in [0.25, 0.3) is 0 Å². The molecule has 1 N–H and O–H groups in total. The van der Waals surface area contributed by atoms with Crippen LogP contribution in [0.3, 0.4) is 0 Å². The van der Waals surface area contributed by atoms with Crippen LogP contribution in [0.4, 0.5) is 0 Å². The third-order valence-corrected chi connectivity index (χ3v) is 4.48. The Hall–Kier alpha value is -1.21. The Bertz CT molecular complexity index is 493. The summed E-state index contributed by atoms with van der Waals surface area (Å²) in [6.07, 6.45) is 0. The molecule has 0 bridgehead atoms. The summed E-state index contributed by atoms with van der Waals surface area (Å²) in [5, 5.41) is 8.71. The van der Waals surface area contributed by atoms with Gasteiger partial charge in [0.2, 0.25) is 0 Å². The highest BCUT2D eigenvalue weighted by Gasteiger charge is 2.08. The zero-order valence-corrected chi connectivity index (χ0v) is 10.4. The summed E-state index contributed by atoms with van der Waals surface area (Å²) in [6, 6.07) is 6.15. The van der Waals surface area contributed by atoms with Crippen LogP contribution in [0.2, 0.25) is 0 Å². The predicted octanol–water partition coefficient (Wildman–Crippen LogP) is 2.84. The number of aromatic carboxylic acids is 1. The van der Waals surface area contributed by atoms with E-state index in [1.54, 1.807) is 12.1 Å². The maximum atomic E-state index is 10.6. The topological polar surface area (TPSA) is 85.2 Å². The van der Waals surface area contributed by atoms with Crippen molar-refractivity contribution in [2.75, 3.05) is 0 Å². The number of carbonyl (C=O) groups is 1. The molecule has 9 heteroatoms. The lowest BCUT2D eigenvalue weighted by atomic mass is 10.2. The molecule has 0 unspecified atom stereocenters. The molecule has 0 fully saturated rings. The number of nitrogens with zero attached hydrogens (tertiary/aromatic N) is 3. The van der Waals surface area contributed by atoms with Crippen molar-refractivity contribution in [3.8, 4) is 5.75 Å². The summed E-state index contributed by atoms with van der Waals surface area (Å²) in [5.41, 5.74) is 0.226. The van der Waals surface area contributed by atoms with E-state index in [2.05, 4.69) is 13.5 Å². The van der Waals surface area contributed by atoms with E-state index in [1.807, 2.05) is 0 Å². The largest absolute Gasteiger partial charge is 0.478 e. The van der Waals surface area contributed by atoms with Gasteiger partial charge in [0.1, 0.15) is 0 Å². The van der Waals surface area contributed by atoms with Crippen molar-refractivity contribution in [2.45, 2.75) is 0 Å². The van der Waals surface area contributed by atoms with Gasteiger partial charge in [-0.2, -0.15) is 0 Å². The van der Waals surface area contributed by atoms with Gasteiger partial charge in [-0.15, -0.1) is 0 Å². The number of benzene rings is 1. The van der Waals surface area contributed by atoms with Crippen LogP contribution in [-0.2, 0) is 0 Å². The van der Waals surface area contributed by atoms with Gasteiger partial charge in [0.15, 0.2) is 5.75 Å². The Balaban J connectivity index is 2.14. The molecule has 16 heavy (non-hydrogen) atoms. The standard InChI is InChI=1S/C7H4N3O3P3/c11-7(12)5-1-3-6(4-2-5)13-16-9-14-8-15-10-16/h1-4H/p+1. The van der Waals surface area contributed by atoms with Crippen molar-refractivity contribution in [3.05, 3.63) is 29.8 Å². The number of rotatable bonds is 3. The van der Waals surface area contributed by atoms with E-state index in [9.17, 15) is 4.79 Å². The molecular weight excluding hydrogens is 267 g/mol. The molecular formula is C7H5N3O3P3+. The molecule has 1 aromatic carbocycles. The van der Waals surface area contributed by atoms with Crippen LogP contribution in [0.25, 0.3) is 0 Å². The predicted molar refractivity (Wildman–Crippen MR) is 61.4 cm³/mol. The first kappa shape index (κ1) is 11.3. The maximum absolute atomic E-state index is 10.6. The molecule has 0 saturated carbocycles. The van der Waals surface area contributed by atoms with E-state index in [4.69, 9.17) is 9.63 Å². The molecule has 6 nitrogen and oxygen atoms in total. The molecule has 0 amide bonds. The molecule has 0 aliphatic heterocycles. The van der Waals surface area contributed by atoms with Crippen LogP contribution < -0.4 is 4.52 Å². The van der Waals surface area contributed by atoms with Gasteiger partial charge in [0.05, 0.1) is 5.56 Å². The van der Waals surface area contributed by atoms with Gasteiger partial charge in [0, 0.05) is 9.02 Å². The molecule has 0 atom stereocenters. The fourth-order valence-corrected chi connectivity index (χ4v) is 3.62. The summed E-state index contributed by atoms with van der Waals surface area (Å²) in [4.78, 5) is 10.6. The van der Waals surface area contributed by atoms with Gasteiger partial charge in [-0.05, 0) is 28.8 Å². The van der Waals surface area contributed by atoms with Gasteiger partial charge in [-0.25, -0.2) is 4.79 Å². The zero-order chi connectivity index (χ0) is 11.4. The summed E-state index contributed by atoms with van der Waals surface area (Å²) < 4.78 is 17.4. The van der Waals surface area contributed by atoms with Crippen molar-refractivity contribution in [1.82, 2.24) is 13.5 Å². The fourth-order valence-electron chi connectivity index (χ4n) is 0.929. The summed E-state index contributed by atoms with van der Waals surface area (Å²) in [6.45, 7) is 0. The molecule has 2 aromatic rings. The summed E-state index contributed by atoms with van der Waals surface area (Å²) >= 11 is 0. The average Bonchev–Trinajstić information content (AvgIpc) is 2.31. The summed E-state index contributed by atoms with van der Waals surface area (Å²) in [7, 11) is 0.0760. The van der Waals surface area contributed by atoms with Crippen molar-refractivity contribution in [2.24, 2.45) is 0 Å². The highest BCUT2D eigenvalue weighted by Crippen LogP contribution is 2.26. The van der Waals surface area contributed by atoms with Gasteiger partial charge >= 0.3 is 31.1 Å². The van der Waals surface area contributed by atoms with Crippen molar-refractivity contribution < 1.29 is 14.4 Å². The van der Waals surface area contributed by atoms with Crippen LogP contribution >= 0.6 is 25.1 Å². The molecule has 2 rings (SSSR count). The van der Waals surface area contributed by atoms with Crippen molar-refractivity contribution >= 4 is 31.1 Å². The Morgan fingerprint density at radius 3 is 2.44 bits per heavy atom. The second-order valence-electron chi connectivity index (χ2n) is 2.62. The second kappa shape index (κ2) is 5.22. The molecule has 1 aromatic heterocycles. The number of aromatic nitrogens is 3. The number of hydrogen-bond donors (Lipinski definition) is 1. The SMILES string of the molecule is O=C(O)c1ccc(O[p+]2npnpn2)cc1. The third kappa shape index (κ3) is 2.89. The van der Waals surface area contributed by atoms with Crippen LogP contribution in [0, 0.1) is 0 Å². The molecule has 1 heterocycles. The quantitative estimate of drug-likeness (QED) is 0.924. The Labute approximate surface area is 95.1 Å². The van der Waals surface area contributed by atoms with E-state index in [-0.39, 0.29) is 5.56 Å². The Kier molecular flexibility index (Phi) is 3.68. The molecule has 80 valence electrons. The van der Waals surface area contributed by atoms with E-state index in [0.717, 1.165) is 0 Å². The Morgan fingerprint density at radius 1 is 1.25 bits per heavy atom. The van der Waals surface area contributed by atoms with Crippen LogP contribution in [0.15, 0.2) is 24.3 Å². The lowest BCUT2D eigenvalue weighted by Gasteiger charge is -1.97. The third-order valence-electron chi connectivity index (χ3n) is 1.60. The number of hydrogen-bond acceptors (Lipinski definition) is 5.